The van der Waals surface area contributed by atoms with E-state index in [1.807, 2.05) is 0 Å². The van der Waals surface area contributed by atoms with Crippen LogP contribution in [-0.4, -0.2) is 40.6 Å². The average molecular weight is 410 g/mol. The van der Waals surface area contributed by atoms with Crippen molar-refractivity contribution in [3.63, 3.8) is 0 Å². The molecule has 4 atom stereocenters. The van der Waals surface area contributed by atoms with Gasteiger partial charge in [-0.1, -0.05) is 24.3 Å². The van der Waals surface area contributed by atoms with Crippen LogP contribution >= 0.6 is 0 Å². The number of hydrogen-bond donors (Lipinski definition) is 3. The fourth-order valence-electron chi connectivity index (χ4n) is 4.56. The fourth-order valence-corrected chi connectivity index (χ4v) is 4.56. The summed E-state index contributed by atoms with van der Waals surface area (Å²) in [4.78, 5) is 40.1. The maximum atomic E-state index is 13.5. The van der Waals surface area contributed by atoms with Crippen molar-refractivity contribution >= 4 is 23.5 Å². The Morgan fingerprint density at radius 2 is 1.87 bits per heavy atom. The molecule has 2 fully saturated rings. The molecule has 0 aromatic heterocycles. The lowest BCUT2D eigenvalue weighted by Gasteiger charge is -2.28. The van der Waals surface area contributed by atoms with E-state index in [1.165, 1.54) is 20.1 Å². The predicted molar refractivity (Wildman–Crippen MR) is 107 cm³/mol. The molecule has 2 aromatic carbocycles. The standard InChI is InChI=1S/C22H22N2O6/c1-11-6-4-5-7-13(11)24-19(26)16-17(20(24)27)22(2,21(28)29)23-18(16)12-8-9-14(25)15(10-12)30-3/h4-10,16-18,23,25H,1-3H3,(H,28,29). The highest BCUT2D eigenvalue weighted by atomic mass is 16.5. The van der Waals surface area contributed by atoms with Gasteiger partial charge in [0.1, 0.15) is 5.54 Å². The SMILES string of the molecule is COc1cc(C2NC(C)(C(=O)O)C3C(=O)N(c4ccccc4C)C(=O)C23)ccc1O. The molecular weight excluding hydrogens is 388 g/mol. The number of fused-ring (bicyclic) bond motifs is 1. The van der Waals surface area contributed by atoms with E-state index in [2.05, 4.69) is 5.32 Å². The number of imide groups is 1. The molecule has 4 rings (SSSR count). The lowest BCUT2D eigenvalue weighted by atomic mass is 9.80. The Hall–Kier alpha value is -3.39. The Bertz CT molecular complexity index is 1070. The largest absolute Gasteiger partial charge is 0.504 e. The Morgan fingerprint density at radius 3 is 2.50 bits per heavy atom. The van der Waals surface area contributed by atoms with Crippen LogP contribution < -0.4 is 15.0 Å². The second-order valence-corrected chi connectivity index (χ2v) is 7.86. The number of methoxy groups -OCH3 is 1. The summed E-state index contributed by atoms with van der Waals surface area (Å²) >= 11 is 0. The number of carbonyl (C=O) groups is 3. The summed E-state index contributed by atoms with van der Waals surface area (Å²) in [7, 11) is 1.40. The number of carboxylic acid groups (broad SMARTS) is 1. The molecule has 0 aliphatic carbocycles. The van der Waals surface area contributed by atoms with Crippen molar-refractivity contribution < 1.29 is 29.3 Å². The first-order chi connectivity index (χ1) is 14.2. The Kier molecular flexibility index (Phi) is 4.54. The lowest BCUT2D eigenvalue weighted by molar-refractivity contribution is -0.147. The van der Waals surface area contributed by atoms with Crippen LogP contribution in [0.5, 0.6) is 11.5 Å². The van der Waals surface area contributed by atoms with Gasteiger partial charge in [0, 0.05) is 6.04 Å². The molecule has 0 saturated carbocycles. The van der Waals surface area contributed by atoms with Gasteiger partial charge in [0.05, 0.1) is 24.6 Å². The van der Waals surface area contributed by atoms with Crippen LogP contribution in [0.2, 0.25) is 0 Å². The van der Waals surface area contributed by atoms with Crippen molar-refractivity contribution in [3.8, 4) is 11.5 Å². The highest BCUT2D eigenvalue weighted by Gasteiger charge is 2.67. The molecule has 156 valence electrons. The van der Waals surface area contributed by atoms with E-state index < -0.39 is 41.2 Å². The smallest absolute Gasteiger partial charge is 0.324 e. The van der Waals surface area contributed by atoms with E-state index in [9.17, 15) is 24.6 Å². The highest BCUT2D eigenvalue weighted by molar-refractivity contribution is 6.24. The molecule has 3 N–H and O–H groups in total. The van der Waals surface area contributed by atoms with Crippen molar-refractivity contribution in [2.24, 2.45) is 11.8 Å². The van der Waals surface area contributed by atoms with Gasteiger partial charge >= 0.3 is 5.97 Å². The number of carbonyl (C=O) groups excluding carboxylic acids is 2. The first-order valence-corrected chi connectivity index (χ1v) is 9.52. The molecule has 2 heterocycles. The molecule has 4 unspecified atom stereocenters. The molecule has 2 amide bonds. The first kappa shape index (κ1) is 19.9. The normalized spacial score (nSPS) is 28.0. The summed E-state index contributed by atoms with van der Waals surface area (Å²) in [5.74, 6) is -4.06. The van der Waals surface area contributed by atoms with Crippen molar-refractivity contribution in [3.05, 3.63) is 53.6 Å². The molecule has 2 aliphatic rings. The fraction of sp³-hybridized carbons (Fsp3) is 0.318. The second kappa shape index (κ2) is 6.84. The molecule has 0 spiro atoms. The van der Waals surface area contributed by atoms with Gasteiger partial charge in [0.25, 0.3) is 0 Å². The van der Waals surface area contributed by atoms with Gasteiger partial charge < -0.3 is 14.9 Å². The number of phenols is 1. The number of aryl methyl sites for hydroxylation is 1. The number of rotatable bonds is 4. The number of nitrogens with one attached hydrogen (secondary N) is 1. The van der Waals surface area contributed by atoms with Crippen LogP contribution in [0.3, 0.4) is 0 Å². The molecule has 8 nitrogen and oxygen atoms in total. The Morgan fingerprint density at radius 1 is 1.17 bits per heavy atom. The number of hydrogen-bond acceptors (Lipinski definition) is 6. The summed E-state index contributed by atoms with van der Waals surface area (Å²) < 4.78 is 5.15. The van der Waals surface area contributed by atoms with E-state index in [-0.39, 0.29) is 11.5 Å². The molecule has 8 heteroatoms. The number of aromatic hydroxyl groups is 1. The van der Waals surface area contributed by atoms with Crippen LogP contribution in [0, 0.1) is 18.8 Å². The number of nitrogens with zero attached hydrogens (tertiary/aromatic N) is 1. The maximum absolute atomic E-state index is 13.5. The number of aliphatic carboxylic acids is 1. The summed E-state index contributed by atoms with van der Waals surface area (Å²) in [5.41, 5.74) is 0.117. The van der Waals surface area contributed by atoms with E-state index in [0.29, 0.717) is 11.3 Å². The van der Waals surface area contributed by atoms with Crippen molar-refractivity contribution in [1.82, 2.24) is 5.32 Å². The van der Waals surface area contributed by atoms with E-state index >= 15 is 0 Å². The summed E-state index contributed by atoms with van der Waals surface area (Å²) in [6.45, 7) is 3.22. The third-order valence-electron chi connectivity index (χ3n) is 6.15. The second-order valence-electron chi connectivity index (χ2n) is 7.86. The maximum Gasteiger partial charge on any atom is 0.324 e. The topological polar surface area (TPSA) is 116 Å². The molecule has 2 aromatic rings. The summed E-state index contributed by atoms with van der Waals surface area (Å²) in [6, 6.07) is 10.8. The zero-order chi connectivity index (χ0) is 21.8. The third-order valence-corrected chi connectivity index (χ3v) is 6.15. The van der Waals surface area contributed by atoms with E-state index in [1.54, 1.807) is 43.3 Å². The number of para-hydroxylation sites is 1. The number of anilines is 1. The quantitative estimate of drug-likeness (QED) is 0.660. The molecule has 0 bridgehead atoms. The van der Waals surface area contributed by atoms with Crippen LogP contribution in [-0.2, 0) is 14.4 Å². The van der Waals surface area contributed by atoms with Gasteiger partial charge in [-0.2, -0.15) is 0 Å². The Balaban J connectivity index is 1.85. The van der Waals surface area contributed by atoms with Crippen LogP contribution in [0.4, 0.5) is 5.69 Å². The number of benzene rings is 2. The molecule has 2 saturated heterocycles. The van der Waals surface area contributed by atoms with E-state index in [4.69, 9.17) is 4.74 Å². The zero-order valence-corrected chi connectivity index (χ0v) is 16.7. The lowest BCUT2D eigenvalue weighted by Crippen LogP contribution is -2.53. The van der Waals surface area contributed by atoms with Gasteiger partial charge in [-0.05, 0) is 43.2 Å². The van der Waals surface area contributed by atoms with Gasteiger partial charge in [-0.3, -0.25) is 19.7 Å². The molecule has 2 aliphatic heterocycles. The van der Waals surface area contributed by atoms with Crippen LogP contribution in [0.25, 0.3) is 0 Å². The van der Waals surface area contributed by atoms with Gasteiger partial charge in [-0.15, -0.1) is 0 Å². The van der Waals surface area contributed by atoms with Crippen LogP contribution in [0.1, 0.15) is 24.1 Å². The van der Waals surface area contributed by atoms with Crippen molar-refractivity contribution in [2.45, 2.75) is 25.4 Å². The third kappa shape index (κ3) is 2.68. The first-order valence-electron chi connectivity index (χ1n) is 9.52. The average Bonchev–Trinajstić information content (AvgIpc) is 3.17. The molecule has 0 radical (unpaired) electrons. The van der Waals surface area contributed by atoms with Crippen LogP contribution in [0.15, 0.2) is 42.5 Å². The summed E-state index contributed by atoms with van der Waals surface area (Å²) in [6.07, 6.45) is 0. The number of carboxylic acids is 1. The van der Waals surface area contributed by atoms with Gasteiger partial charge in [-0.25, -0.2) is 4.90 Å². The van der Waals surface area contributed by atoms with Crippen molar-refractivity contribution in [1.29, 1.82) is 0 Å². The predicted octanol–water partition coefficient (Wildman–Crippen LogP) is 2.00. The number of phenolic OH excluding ortho intramolecular Hbond substituents is 1. The number of ether oxygens (including phenoxy) is 1. The van der Waals surface area contributed by atoms with Gasteiger partial charge in [0.15, 0.2) is 11.5 Å². The highest BCUT2D eigenvalue weighted by Crippen LogP contribution is 2.50. The summed E-state index contributed by atoms with van der Waals surface area (Å²) in [5, 5.41) is 22.8. The zero-order valence-electron chi connectivity index (χ0n) is 16.7. The molecule has 30 heavy (non-hydrogen) atoms. The van der Waals surface area contributed by atoms with E-state index in [0.717, 1.165) is 10.5 Å². The molecular formula is C22H22N2O6. The minimum absolute atomic E-state index is 0.0767. The van der Waals surface area contributed by atoms with Crippen molar-refractivity contribution in [2.75, 3.05) is 12.0 Å². The minimum Gasteiger partial charge on any atom is -0.504 e. The Labute approximate surface area is 173 Å². The number of amides is 2. The minimum atomic E-state index is -1.63. The van der Waals surface area contributed by atoms with Gasteiger partial charge in [0.2, 0.25) is 11.8 Å². The monoisotopic (exact) mass is 410 g/mol.